The van der Waals surface area contributed by atoms with Crippen molar-refractivity contribution in [3.8, 4) is 0 Å². The molecule has 0 aliphatic rings. The molecule has 0 spiro atoms. The molecule has 5 heteroatoms. The lowest BCUT2D eigenvalue weighted by Gasteiger charge is -2.09. The van der Waals surface area contributed by atoms with Crippen LogP contribution >= 0.6 is 27.5 Å². The maximum atomic E-state index is 12.2. The van der Waals surface area contributed by atoms with Gasteiger partial charge in [-0.2, -0.15) is 0 Å². The van der Waals surface area contributed by atoms with Crippen molar-refractivity contribution in [3.05, 3.63) is 57.5 Å². The standard InChI is InChI=1S/C16H16BrClN2O/c1-2-9-19-13-6-3-11(4-7-13)16(21)20-15-10-12(18)5-8-14(15)17/h3-8,10,19H,2,9H2,1H3,(H,20,21). The number of nitrogens with one attached hydrogen (secondary N) is 2. The molecule has 0 bridgehead atoms. The predicted molar refractivity (Wildman–Crippen MR) is 92.3 cm³/mol. The molecule has 1 amide bonds. The summed E-state index contributed by atoms with van der Waals surface area (Å²) in [4.78, 5) is 12.2. The molecule has 0 aliphatic carbocycles. The second kappa shape index (κ2) is 7.48. The van der Waals surface area contributed by atoms with Gasteiger partial charge in [0.15, 0.2) is 0 Å². The number of carbonyl (C=O) groups excluding carboxylic acids is 1. The molecule has 0 fully saturated rings. The number of hydrogen-bond donors (Lipinski definition) is 2. The highest BCUT2D eigenvalue weighted by atomic mass is 79.9. The zero-order valence-electron chi connectivity index (χ0n) is 11.6. The molecule has 0 saturated heterocycles. The molecule has 2 rings (SSSR count). The largest absolute Gasteiger partial charge is 0.385 e. The van der Waals surface area contributed by atoms with Gasteiger partial charge in [0.05, 0.1) is 5.69 Å². The Morgan fingerprint density at radius 2 is 1.90 bits per heavy atom. The van der Waals surface area contributed by atoms with E-state index in [4.69, 9.17) is 11.6 Å². The van der Waals surface area contributed by atoms with Crippen LogP contribution in [0.25, 0.3) is 0 Å². The molecule has 0 aliphatic heterocycles. The second-order valence-electron chi connectivity index (χ2n) is 4.58. The van der Waals surface area contributed by atoms with Crippen LogP contribution in [0.1, 0.15) is 23.7 Å². The number of hydrogen-bond acceptors (Lipinski definition) is 2. The highest BCUT2D eigenvalue weighted by Crippen LogP contribution is 2.26. The minimum atomic E-state index is -0.167. The van der Waals surface area contributed by atoms with Gasteiger partial charge in [0, 0.05) is 27.3 Å². The third-order valence-corrected chi connectivity index (χ3v) is 3.83. The summed E-state index contributed by atoms with van der Waals surface area (Å²) >= 11 is 9.32. The third kappa shape index (κ3) is 4.48. The Hall–Kier alpha value is -1.52. The molecule has 0 atom stereocenters. The maximum absolute atomic E-state index is 12.2. The van der Waals surface area contributed by atoms with Crippen molar-refractivity contribution in [2.45, 2.75) is 13.3 Å². The van der Waals surface area contributed by atoms with Gasteiger partial charge in [-0.3, -0.25) is 4.79 Å². The van der Waals surface area contributed by atoms with Crippen LogP contribution in [0.15, 0.2) is 46.9 Å². The van der Waals surface area contributed by atoms with Crippen LogP contribution in [0.5, 0.6) is 0 Å². The van der Waals surface area contributed by atoms with E-state index in [-0.39, 0.29) is 5.91 Å². The number of carbonyl (C=O) groups is 1. The molecular weight excluding hydrogens is 352 g/mol. The molecule has 3 nitrogen and oxygen atoms in total. The van der Waals surface area contributed by atoms with E-state index in [2.05, 4.69) is 33.5 Å². The van der Waals surface area contributed by atoms with Crippen LogP contribution in [0.2, 0.25) is 5.02 Å². The van der Waals surface area contributed by atoms with E-state index in [1.807, 2.05) is 12.1 Å². The molecule has 0 saturated carbocycles. The average molecular weight is 368 g/mol. The summed E-state index contributed by atoms with van der Waals surface area (Å²) in [7, 11) is 0. The van der Waals surface area contributed by atoms with Crippen molar-refractivity contribution in [3.63, 3.8) is 0 Å². The fraction of sp³-hybridized carbons (Fsp3) is 0.188. The smallest absolute Gasteiger partial charge is 0.255 e. The van der Waals surface area contributed by atoms with Crippen molar-refractivity contribution < 1.29 is 4.79 Å². The SMILES string of the molecule is CCCNc1ccc(C(=O)Nc2cc(Cl)ccc2Br)cc1. The molecule has 0 radical (unpaired) electrons. The maximum Gasteiger partial charge on any atom is 0.255 e. The van der Waals surface area contributed by atoms with Gasteiger partial charge in [-0.15, -0.1) is 0 Å². The first-order valence-electron chi connectivity index (χ1n) is 6.70. The lowest BCUT2D eigenvalue weighted by molar-refractivity contribution is 0.102. The van der Waals surface area contributed by atoms with Crippen molar-refractivity contribution in [1.82, 2.24) is 0 Å². The Labute approximate surface area is 137 Å². The highest BCUT2D eigenvalue weighted by molar-refractivity contribution is 9.10. The average Bonchev–Trinajstić information content (AvgIpc) is 2.49. The van der Waals surface area contributed by atoms with Gasteiger partial charge in [0.1, 0.15) is 0 Å². The van der Waals surface area contributed by atoms with Crippen molar-refractivity contribution in [1.29, 1.82) is 0 Å². The second-order valence-corrected chi connectivity index (χ2v) is 5.87. The van der Waals surface area contributed by atoms with Gasteiger partial charge in [0.25, 0.3) is 5.91 Å². The van der Waals surface area contributed by atoms with Gasteiger partial charge < -0.3 is 10.6 Å². The first kappa shape index (κ1) is 15.9. The van der Waals surface area contributed by atoms with Gasteiger partial charge >= 0.3 is 0 Å². The normalized spacial score (nSPS) is 10.2. The Kier molecular flexibility index (Phi) is 5.65. The lowest BCUT2D eigenvalue weighted by Crippen LogP contribution is -2.12. The van der Waals surface area contributed by atoms with Gasteiger partial charge in [-0.1, -0.05) is 18.5 Å². The third-order valence-electron chi connectivity index (χ3n) is 2.90. The lowest BCUT2D eigenvalue weighted by atomic mass is 10.2. The molecule has 2 aromatic carbocycles. The number of anilines is 2. The van der Waals surface area contributed by atoms with E-state index >= 15 is 0 Å². The molecule has 0 aromatic heterocycles. The van der Waals surface area contributed by atoms with E-state index in [1.165, 1.54) is 0 Å². The van der Waals surface area contributed by atoms with Gasteiger partial charge in [0.2, 0.25) is 0 Å². The summed E-state index contributed by atoms with van der Waals surface area (Å²) in [6, 6.07) is 12.7. The van der Waals surface area contributed by atoms with E-state index < -0.39 is 0 Å². The molecule has 2 aromatic rings. The topological polar surface area (TPSA) is 41.1 Å². The molecular formula is C16H16BrClN2O. The molecule has 0 heterocycles. The Morgan fingerprint density at radius 3 is 2.57 bits per heavy atom. The summed E-state index contributed by atoms with van der Waals surface area (Å²) in [5.74, 6) is -0.167. The highest BCUT2D eigenvalue weighted by Gasteiger charge is 2.08. The summed E-state index contributed by atoms with van der Waals surface area (Å²) in [6.45, 7) is 3.03. The van der Waals surface area contributed by atoms with Crippen molar-refractivity contribution >= 4 is 44.8 Å². The fourth-order valence-electron chi connectivity index (χ4n) is 1.80. The predicted octanol–water partition coefficient (Wildman–Crippen LogP) is 5.18. The number of amides is 1. The zero-order valence-corrected chi connectivity index (χ0v) is 14.0. The Bertz CT molecular complexity index is 629. The monoisotopic (exact) mass is 366 g/mol. The summed E-state index contributed by atoms with van der Waals surface area (Å²) in [5.41, 5.74) is 2.27. The van der Waals surface area contributed by atoms with Crippen LogP contribution < -0.4 is 10.6 Å². The van der Waals surface area contributed by atoms with Crippen molar-refractivity contribution in [2.75, 3.05) is 17.2 Å². The van der Waals surface area contributed by atoms with E-state index in [1.54, 1.807) is 30.3 Å². The molecule has 110 valence electrons. The van der Waals surface area contributed by atoms with Gasteiger partial charge in [-0.25, -0.2) is 0 Å². The van der Waals surface area contributed by atoms with E-state index in [0.29, 0.717) is 16.3 Å². The number of benzene rings is 2. The molecule has 21 heavy (non-hydrogen) atoms. The Balaban J connectivity index is 2.07. The first-order chi connectivity index (χ1) is 10.1. The number of halogens is 2. The quantitative estimate of drug-likeness (QED) is 0.765. The molecule has 0 unspecified atom stereocenters. The summed E-state index contributed by atoms with van der Waals surface area (Å²) in [6.07, 6.45) is 1.06. The van der Waals surface area contributed by atoms with Crippen LogP contribution in [-0.4, -0.2) is 12.5 Å². The van der Waals surface area contributed by atoms with Crippen LogP contribution in [0.4, 0.5) is 11.4 Å². The number of rotatable bonds is 5. The van der Waals surface area contributed by atoms with E-state index in [0.717, 1.165) is 23.1 Å². The fourth-order valence-corrected chi connectivity index (χ4v) is 2.31. The van der Waals surface area contributed by atoms with Crippen LogP contribution in [0, 0.1) is 0 Å². The van der Waals surface area contributed by atoms with Gasteiger partial charge in [-0.05, 0) is 64.8 Å². The van der Waals surface area contributed by atoms with Crippen LogP contribution in [0.3, 0.4) is 0 Å². The van der Waals surface area contributed by atoms with E-state index in [9.17, 15) is 4.79 Å². The van der Waals surface area contributed by atoms with Crippen LogP contribution in [-0.2, 0) is 0 Å². The minimum Gasteiger partial charge on any atom is -0.385 e. The molecule has 2 N–H and O–H groups in total. The first-order valence-corrected chi connectivity index (χ1v) is 7.87. The van der Waals surface area contributed by atoms with Crippen molar-refractivity contribution in [2.24, 2.45) is 0 Å². The Morgan fingerprint density at radius 1 is 1.19 bits per heavy atom. The summed E-state index contributed by atoms with van der Waals surface area (Å²) in [5, 5.41) is 6.69. The summed E-state index contributed by atoms with van der Waals surface area (Å²) < 4.78 is 0.793. The minimum absolute atomic E-state index is 0.167. The zero-order chi connectivity index (χ0) is 15.2.